The molecule has 0 radical (unpaired) electrons. The number of hydrogen-bond donors (Lipinski definition) is 2. The van der Waals surface area contributed by atoms with Gasteiger partial charge in [0.25, 0.3) is 0 Å². The smallest absolute Gasteiger partial charge is 0.191 e. The van der Waals surface area contributed by atoms with Crippen molar-refractivity contribution in [2.45, 2.75) is 31.9 Å². The molecule has 2 rings (SSSR count). The third-order valence-electron chi connectivity index (χ3n) is 4.18. The van der Waals surface area contributed by atoms with Crippen molar-refractivity contribution in [2.24, 2.45) is 4.99 Å². The van der Waals surface area contributed by atoms with Gasteiger partial charge in [-0.3, -0.25) is 4.99 Å². The minimum atomic E-state index is 0. The van der Waals surface area contributed by atoms with Gasteiger partial charge in [0.15, 0.2) is 17.5 Å². The third-order valence-corrected chi connectivity index (χ3v) is 4.18. The van der Waals surface area contributed by atoms with Gasteiger partial charge in [0.2, 0.25) is 0 Å². The Labute approximate surface area is 173 Å². The number of aliphatic imine (C=N–C) groups is 1. The topological polar surface area (TPSA) is 64.1 Å². The summed E-state index contributed by atoms with van der Waals surface area (Å²) in [5.41, 5.74) is 2.14. The zero-order chi connectivity index (χ0) is 18.1. The van der Waals surface area contributed by atoms with Gasteiger partial charge in [-0.2, -0.15) is 0 Å². The minimum absolute atomic E-state index is 0. The number of halogens is 1. The molecule has 0 bridgehead atoms. The highest BCUT2D eigenvalue weighted by molar-refractivity contribution is 14.0. The summed E-state index contributed by atoms with van der Waals surface area (Å²) in [4.78, 5) is 4.27. The fourth-order valence-electron chi connectivity index (χ4n) is 2.94. The molecule has 1 unspecified atom stereocenters. The average molecular weight is 475 g/mol. The zero-order valence-electron chi connectivity index (χ0n) is 15.8. The van der Waals surface area contributed by atoms with Crippen LogP contribution in [0.2, 0.25) is 0 Å². The monoisotopic (exact) mass is 475 g/mol. The normalized spacial score (nSPS) is 16.6. The minimum Gasteiger partial charge on any atom is -0.493 e. The number of benzene rings is 1. The molecular weight excluding hydrogens is 445 g/mol. The molecule has 6 nitrogen and oxygen atoms in total. The fourth-order valence-corrected chi connectivity index (χ4v) is 2.94. The lowest BCUT2D eigenvalue weighted by Crippen LogP contribution is -2.40. The number of ether oxygens (including phenoxy) is 3. The van der Waals surface area contributed by atoms with Crippen LogP contribution in [-0.4, -0.2) is 46.5 Å². The van der Waals surface area contributed by atoms with Crippen LogP contribution in [0.25, 0.3) is 0 Å². The molecule has 26 heavy (non-hydrogen) atoms. The quantitative estimate of drug-likeness (QED) is 0.262. The lowest BCUT2D eigenvalue weighted by Gasteiger charge is -2.17. The lowest BCUT2D eigenvalue weighted by molar-refractivity contribution is 0.114. The predicted octanol–water partition coefficient (Wildman–Crippen LogP) is 2.89. The van der Waals surface area contributed by atoms with Crippen LogP contribution in [0.4, 0.5) is 0 Å². The van der Waals surface area contributed by atoms with Crippen LogP contribution in [0.1, 0.15) is 24.0 Å². The van der Waals surface area contributed by atoms with Gasteiger partial charge in [-0.15, -0.1) is 30.6 Å². The molecule has 1 aliphatic rings. The van der Waals surface area contributed by atoms with E-state index in [2.05, 4.69) is 28.3 Å². The Morgan fingerprint density at radius 2 is 2.15 bits per heavy atom. The maximum absolute atomic E-state index is 5.62. The van der Waals surface area contributed by atoms with Crippen LogP contribution in [0.3, 0.4) is 0 Å². The number of rotatable bonds is 8. The summed E-state index contributed by atoms with van der Waals surface area (Å²) < 4.78 is 16.6. The number of hydrogen-bond acceptors (Lipinski definition) is 4. The van der Waals surface area contributed by atoms with Crippen molar-refractivity contribution in [3.63, 3.8) is 0 Å². The van der Waals surface area contributed by atoms with Gasteiger partial charge < -0.3 is 24.8 Å². The molecule has 0 aliphatic carbocycles. The Morgan fingerprint density at radius 3 is 2.73 bits per heavy atom. The van der Waals surface area contributed by atoms with Gasteiger partial charge in [0.05, 0.1) is 20.3 Å². The highest BCUT2D eigenvalue weighted by Gasteiger charge is 2.16. The highest BCUT2D eigenvalue weighted by Crippen LogP contribution is 2.33. The molecular formula is C19H30IN3O3. The summed E-state index contributed by atoms with van der Waals surface area (Å²) in [5.74, 6) is 2.24. The van der Waals surface area contributed by atoms with E-state index in [-0.39, 0.29) is 30.1 Å². The van der Waals surface area contributed by atoms with Gasteiger partial charge in [-0.05, 0) is 37.0 Å². The van der Waals surface area contributed by atoms with Gasteiger partial charge in [-0.25, -0.2) is 0 Å². The molecule has 1 aliphatic heterocycles. The van der Waals surface area contributed by atoms with Crippen LogP contribution < -0.4 is 20.1 Å². The van der Waals surface area contributed by atoms with E-state index >= 15 is 0 Å². The molecule has 1 saturated heterocycles. The molecule has 1 fully saturated rings. The molecule has 0 amide bonds. The van der Waals surface area contributed by atoms with Crippen LogP contribution in [-0.2, 0) is 17.7 Å². The van der Waals surface area contributed by atoms with Crippen LogP contribution in [0, 0.1) is 0 Å². The lowest BCUT2D eigenvalue weighted by atomic mass is 10.1. The number of nitrogens with zero attached hydrogens (tertiary/aromatic N) is 1. The van der Waals surface area contributed by atoms with Crippen LogP contribution >= 0.6 is 24.0 Å². The molecule has 2 N–H and O–H groups in total. The molecule has 1 heterocycles. The molecule has 0 spiro atoms. The van der Waals surface area contributed by atoms with Crippen molar-refractivity contribution in [2.75, 3.05) is 34.4 Å². The van der Waals surface area contributed by atoms with Crippen molar-refractivity contribution in [3.8, 4) is 11.5 Å². The Morgan fingerprint density at radius 1 is 1.35 bits per heavy atom. The van der Waals surface area contributed by atoms with E-state index in [1.807, 2.05) is 12.1 Å². The number of guanidine groups is 1. The average Bonchev–Trinajstić information content (AvgIpc) is 3.15. The summed E-state index contributed by atoms with van der Waals surface area (Å²) in [5, 5.41) is 6.64. The maximum atomic E-state index is 5.62. The summed E-state index contributed by atoms with van der Waals surface area (Å²) in [6, 6.07) is 4.08. The first-order valence-corrected chi connectivity index (χ1v) is 8.62. The predicted molar refractivity (Wildman–Crippen MR) is 116 cm³/mol. The van der Waals surface area contributed by atoms with Crippen molar-refractivity contribution in [3.05, 3.63) is 35.9 Å². The van der Waals surface area contributed by atoms with Gasteiger partial charge >= 0.3 is 0 Å². The second kappa shape index (κ2) is 12.0. The van der Waals surface area contributed by atoms with E-state index in [1.165, 1.54) is 0 Å². The summed E-state index contributed by atoms with van der Waals surface area (Å²) in [6.07, 6.45) is 5.09. The maximum Gasteiger partial charge on any atom is 0.191 e. The Hall–Kier alpha value is -1.48. The number of nitrogens with one attached hydrogen (secondary N) is 2. The highest BCUT2D eigenvalue weighted by atomic mass is 127. The number of allylic oxidation sites excluding steroid dienone is 1. The summed E-state index contributed by atoms with van der Waals surface area (Å²) in [6.45, 7) is 6.08. The van der Waals surface area contributed by atoms with Crippen LogP contribution in [0.15, 0.2) is 29.8 Å². The van der Waals surface area contributed by atoms with Crippen molar-refractivity contribution in [1.29, 1.82) is 0 Å². The van der Waals surface area contributed by atoms with Gasteiger partial charge in [-0.1, -0.05) is 6.08 Å². The van der Waals surface area contributed by atoms with Crippen LogP contribution in [0.5, 0.6) is 11.5 Å². The Bertz CT molecular complexity index is 602. The van der Waals surface area contributed by atoms with E-state index in [9.17, 15) is 0 Å². The Balaban J connectivity index is 0.00000338. The van der Waals surface area contributed by atoms with E-state index in [0.717, 1.165) is 61.0 Å². The van der Waals surface area contributed by atoms with E-state index in [4.69, 9.17) is 14.2 Å². The first kappa shape index (κ1) is 22.6. The standard InChI is InChI=1S/C19H29N3O3.HI/c1-5-7-15-10-14(11-17(23-3)18(15)24-4)12-21-19(20-2)22-13-16-8-6-9-25-16;/h5,10-11,16H,1,6-9,12-13H2,2-4H3,(H2,20,21,22);1H. The van der Waals surface area contributed by atoms with Gasteiger partial charge in [0.1, 0.15) is 0 Å². The largest absolute Gasteiger partial charge is 0.493 e. The molecule has 1 aromatic rings. The molecule has 0 saturated carbocycles. The fraction of sp³-hybridized carbons (Fsp3) is 0.526. The second-order valence-electron chi connectivity index (χ2n) is 5.92. The van der Waals surface area contributed by atoms with Crippen molar-refractivity contribution >= 4 is 29.9 Å². The molecule has 7 heteroatoms. The zero-order valence-corrected chi connectivity index (χ0v) is 18.2. The molecule has 1 aromatic carbocycles. The van der Waals surface area contributed by atoms with E-state index in [0.29, 0.717) is 6.54 Å². The third kappa shape index (κ3) is 6.35. The van der Waals surface area contributed by atoms with E-state index < -0.39 is 0 Å². The number of methoxy groups -OCH3 is 2. The molecule has 0 aromatic heterocycles. The Kier molecular flexibility index (Phi) is 10.4. The van der Waals surface area contributed by atoms with E-state index in [1.54, 1.807) is 21.3 Å². The first-order chi connectivity index (χ1) is 12.2. The second-order valence-corrected chi connectivity index (χ2v) is 5.92. The van der Waals surface area contributed by atoms with Crippen molar-refractivity contribution in [1.82, 2.24) is 10.6 Å². The molecule has 146 valence electrons. The summed E-state index contributed by atoms with van der Waals surface area (Å²) >= 11 is 0. The SMILES string of the molecule is C=CCc1cc(CNC(=NC)NCC2CCCO2)cc(OC)c1OC.I. The van der Waals surface area contributed by atoms with Crippen molar-refractivity contribution < 1.29 is 14.2 Å². The first-order valence-electron chi connectivity index (χ1n) is 8.62. The molecule has 1 atom stereocenters. The van der Waals surface area contributed by atoms with Gasteiger partial charge in [0, 0.05) is 32.3 Å². The summed E-state index contributed by atoms with van der Waals surface area (Å²) in [7, 11) is 5.07.